The molecule has 0 saturated carbocycles. The van der Waals surface area contributed by atoms with Crippen LogP contribution in [0, 0.1) is 5.82 Å². The molecule has 1 amide bonds. The standard InChI is InChI=1S/C14H10FN3O2S/c15-10-3-1-9(2-4-10)12-7-11(18-20-12)8-13(19)17-14-16-5-6-21-14/h1-7H,8H2,(H,16,17,19). The first-order chi connectivity index (χ1) is 10.2. The van der Waals surface area contributed by atoms with Crippen molar-refractivity contribution < 1.29 is 13.7 Å². The third kappa shape index (κ3) is 3.32. The van der Waals surface area contributed by atoms with E-state index in [4.69, 9.17) is 4.52 Å². The minimum atomic E-state index is -0.318. The van der Waals surface area contributed by atoms with Crippen LogP contribution in [0.2, 0.25) is 0 Å². The summed E-state index contributed by atoms with van der Waals surface area (Å²) in [6.07, 6.45) is 1.70. The van der Waals surface area contributed by atoms with Crippen LogP contribution >= 0.6 is 11.3 Å². The molecule has 1 aromatic carbocycles. The zero-order chi connectivity index (χ0) is 14.7. The van der Waals surface area contributed by atoms with E-state index < -0.39 is 0 Å². The molecule has 0 bridgehead atoms. The Morgan fingerprint density at radius 1 is 1.33 bits per heavy atom. The summed E-state index contributed by atoms with van der Waals surface area (Å²) >= 11 is 1.34. The van der Waals surface area contributed by atoms with Crippen molar-refractivity contribution in [3.63, 3.8) is 0 Å². The van der Waals surface area contributed by atoms with Gasteiger partial charge < -0.3 is 9.84 Å². The molecule has 0 unspecified atom stereocenters. The van der Waals surface area contributed by atoms with E-state index in [9.17, 15) is 9.18 Å². The molecule has 0 aliphatic carbocycles. The topological polar surface area (TPSA) is 68.0 Å². The van der Waals surface area contributed by atoms with Crippen molar-refractivity contribution in [2.75, 3.05) is 5.32 Å². The van der Waals surface area contributed by atoms with Crippen molar-refractivity contribution in [1.82, 2.24) is 10.1 Å². The van der Waals surface area contributed by atoms with E-state index in [0.717, 1.165) is 0 Å². The maximum atomic E-state index is 12.9. The maximum absolute atomic E-state index is 12.9. The molecule has 2 aromatic heterocycles. The number of nitrogens with zero attached hydrogens (tertiary/aromatic N) is 2. The first kappa shape index (κ1) is 13.4. The summed E-state index contributed by atoms with van der Waals surface area (Å²) in [6.45, 7) is 0. The molecule has 0 aliphatic heterocycles. The molecular weight excluding hydrogens is 293 g/mol. The van der Waals surface area contributed by atoms with Crippen LogP contribution in [0.4, 0.5) is 9.52 Å². The summed E-state index contributed by atoms with van der Waals surface area (Å²) in [5, 5.41) is 8.82. The van der Waals surface area contributed by atoms with Crippen molar-refractivity contribution in [1.29, 1.82) is 0 Å². The summed E-state index contributed by atoms with van der Waals surface area (Å²) in [4.78, 5) is 15.8. The van der Waals surface area contributed by atoms with Gasteiger partial charge in [0.05, 0.1) is 12.1 Å². The van der Waals surface area contributed by atoms with Gasteiger partial charge in [-0.15, -0.1) is 11.3 Å². The maximum Gasteiger partial charge on any atom is 0.232 e. The Labute approximate surface area is 123 Å². The number of hydrogen-bond acceptors (Lipinski definition) is 5. The van der Waals surface area contributed by atoms with Gasteiger partial charge in [0, 0.05) is 23.2 Å². The SMILES string of the molecule is O=C(Cc1cc(-c2ccc(F)cc2)on1)Nc1nccs1. The molecule has 0 radical (unpaired) electrons. The first-order valence-electron chi connectivity index (χ1n) is 6.11. The van der Waals surface area contributed by atoms with E-state index in [1.165, 1.54) is 23.5 Å². The van der Waals surface area contributed by atoms with Gasteiger partial charge in [-0.3, -0.25) is 4.79 Å². The van der Waals surface area contributed by atoms with Crippen LogP contribution in [0.25, 0.3) is 11.3 Å². The molecule has 3 rings (SSSR count). The van der Waals surface area contributed by atoms with Gasteiger partial charge in [-0.25, -0.2) is 9.37 Å². The van der Waals surface area contributed by atoms with Crippen molar-refractivity contribution >= 4 is 22.4 Å². The Morgan fingerprint density at radius 2 is 2.14 bits per heavy atom. The fourth-order valence-electron chi connectivity index (χ4n) is 1.76. The molecule has 106 valence electrons. The van der Waals surface area contributed by atoms with Crippen LogP contribution in [-0.2, 0) is 11.2 Å². The summed E-state index contributed by atoms with van der Waals surface area (Å²) in [5.74, 6) is -0.0442. The predicted molar refractivity (Wildman–Crippen MR) is 76.3 cm³/mol. The molecular formula is C14H10FN3O2S. The van der Waals surface area contributed by atoms with Crippen LogP contribution < -0.4 is 5.32 Å². The second-order valence-electron chi connectivity index (χ2n) is 4.25. The lowest BCUT2D eigenvalue weighted by molar-refractivity contribution is -0.115. The van der Waals surface area contributed by atoms with Crippen LogP contribution in [-0.4, -0.2) is 16.0 Å². The zero-order valence-electron chi connectivity index (χ0n) is 10.7. The number of carbonyl (C=O) groups is 1. The summed E-state index contributed by atoms with van der Waals surface area (Å²) in [5.41, 5.74) is 1.21. The Morgan fingerprint density at radius 3 is 2.86 bits per heavy atom. The monoisotopic (exact) mass is 303 g/mol. The Hall–Kier alpha value is -2.54. The number of nitrogens with one attached hydrogen (secondary N) is 1. The lowest BCUT2D eigenvalue weighted by Crippen LogP contribution is -2.14. The van der Waals surface area contributed by atoms with Gasteiger partial charge in [0.15, 0.2) is 10.9 Å². The fraction of sp³-hybridized carbons (Fsp3) is 0.0714. The van der Waals surface area contributed by atoms with E-state index >= 15 is 0 Å². The van der Waals surface area contributed by atoms with E-state index in [0.29, 0.717) is 22.1 Å². The van der Waals surface area contributed by atoms with Gasteiger partial charge in [0.1, 0.15) is 5.82 Å². The summed E-state index contributed by atoms with van der Waals surface area (Å²) in [6, 6.07) is 7.53. The van der Waals surface area contributed by atoms with Gasteiger partial charge in [0.25, 0.3) is 0 Å². The third-order valence-electron chi connectivity index (χ3n) is 2.71. The third-order valence-corrected chi connectivity index (χ3v) is 3.40. The second kappa shape index (κ2) is 5.84. The molecule has 2 heterocycles. The number of anilines is 1. The number of benzene rings is 1. The first-order valence-corrected chi connectivity index (χ1v) is 6.99. The van der Waals surface area contributed by atoms with E-state index in [1.807, 2.05) is 0 Å². The van der Waals surface area contributed by atoms with Crippen LogP contribution in [0.3, 0.4) is 0 Å². The minimum Gasteiger partial charge on any atom is -0.356 e. The van der Waals surface area contributed by atoms with E-state index in [-0.39, 0.29) is 18.1 Å². The zero-order valence-corrected chi connectivity index (χ0v) is 11.6. The average Bonchev–Trinajstić information content (AvgIpc) is 3.11. The smallest absolute Gasteiger partial charge is 0.232 e. The predicted octanol–water partition coefficient (Wildman–Crippen LogP) is 3.12. The number of aromatic nitrogens is 2. The molecule has 0 fully saturated rings. The number of amides is 1. The number of halogens is 1. The highest BCUT2D eigenvalue weighted by atomic mass is 32.1. The number of rotatable bonds is 4. The average molecular weight is 303 g/mol. The normalized spacial score (nSPS) is 10.5. The second-order valence-corrected chi connectivity index (χ2v) is 5.15. The summed E-state index contributed by atoms with van der Waals surface area (Å²) < 4.78 is 18.0. The molecule has 3 aromatic rings. The number of carbonyl (C=O) groups excluding carboxylic acids is 1. The molecule has 7 heteroatoms. The highest BCUT2D eigenvalue weighted by Crippen LogP contribution is 2.21. The minimum absolute atomic E-state index is 0.0876. The van der Waals surface area contributed by atoms with Crippen LogP contribution in [0.1, 0.15) is 5.69 Å². The molecule has 5 nitrogen and oxygen atoms in total. The molecule has 0 saturated heterocycles. The Kier molecular flexibility index (Phi) is 3.74. The van der Waals surface area contributed by atoms with Crippen LogP contribution in [0.5, 0.6) is 0 Å². The number of hydrogen-bond donors (Lipinski definition) is 1. The molecule has 0 spiro atoms. The highest BCUT2D eigenvalue weighted by Gasteiger charge is 2.11. The van der Waals surface area contributed by atoms with Crippen molar-refractivity contribution in [3.05, 3.63) is 53.4 Å². The Bertz CT molecular complexity index is 738. The van der Waals surface area contributed by atoms with Gasteiger partial charge in [0.2, 0.25) is 5.91 Å². The molecule has 0 aliphatic rings. The van der Waals surface area contributed by atoms with Gasteiger partial charge in [-0.2, -0.15) is 0 Å². The van der Waals surface area contributed by atoms with Crippen molar-refractivity contribution in [2.24, 2.45) is 0 Å². The van der Waals surface area contributed by atoms with Crippen molar-refractivity contribution in [2.45, 2.75) is 6.42 Å². The number of thiazole rings is 1. The van der Waals surface area contributed by atoms with E-state index in [2.05, 4.69) is 15.5 Å². The largest absolute Gasteiger partial charge is 0.356 e. The summed E-state index contributed by atoms with van der Waals surface area (Å²) in [7, 11) is 0. The lowest BCUT2D eigenvalue weighted by atomic mass is 10.1. The quantitative estimate of drug-likeness (QED) is 0.804. The van der Waals surface area contributed by atoms with Crippen LogP contribution in [0.15, 0.2) is 46.4 Å². The highest BCUT2D eigenvalue weighted by molar-refractivity contribution is 7.13. The molecule has 0 atom stereocenters. The van der Waals surface area contributed by atoms with Gasteiger partial charge in [-0.1, -0.05) is 5.16 Å². The van der Waals surface area contributed by atoms with E-state index in [1.54, 1.807) is 29.8 Å². The van der Waals surface area contributed by atoms with Gasteiger partial charge >= 0.3 is 0 Å². The Balaban J connectivity index is 1.67. The van der Waals surface area contributed by atoms with Crippen molar-refractivity contribution in [3.8, 4) is 11.3 Å². The van der Waals surface area contributed by atoms with Gasteiger partial charge in [-0.05, 0) is 24.3 Å². The fourth-order valence-corrected chi connectivity index (χ4v) is 2.30. The lowest BCUT2D eigenvalue weighted by Gasteiger charge is -1.97. The molecule has 1 N–H and O–H groups in total. The molecule has 21 heavy (non-hydrogen) atoms.